The van der Waals surface area contributed by atoms with Crippen molar-refractivity contribution >= 4 is 15.7 Å². The largest absolute Gasteiger partial charge is 0.399 e. The van der Waals surface area contributed by atoms with Crippen LogP contribution in [0.15, 0.2) is 23.1 Å². The second-order valence-electron chi connectivity index (χ2n) is 4.95. The van der Waals surface area contributed by atoms with Gasteiger partial charge in [-0.05, 0) is 31.0 Å². The van der Waals surface area contributed by atoms with Crippen LogP contribution in [0.2, 0.25) is 0 Å². The molecule has 0 saturated heterocycles. The molecule has 1 aromatic rings. The van der Waals surface area contributed by atoms with Crippen molar-refractivity contribution < 1.29 is 13.5 Å². The molecule has 0 aliphatic heterocycles. The molecule has 6 nitrogen and oxygen atoms in total. The van der Waals surface area contributed by atoms with Crippen molar-refractivity contribution in [2.24, 2.45) is 0 Å². The molecule has 2 atom stereocenters. The van der Waals surface area contributed by atoms with Crippen LogP contribution in [0, 0.1) is 11.3 Å². The van der Waals surface area contributed by atoms with Crippen molar-refractivity contribution in [3.63, 3.8) is 0 Å². The zero-order valence-electron chi connectivity index (χ0n) is 10.9. The van der Waals surface area contributed by atoms with Crippen LogP contribution in [0.5, 0.6) is 0 Å². The molecule has 1 aliphatic rings. The Kier molecular flexibility index (Phi) is 4.28. The Morgan fingerprint density at radius 1 is 1.35 bits per heavy atom. The highest BCUT2D eigenvalue weighted by Gasteiger charge is 2.29. The third-order valence-electron chi connectivity index (χ3n) is 3.45. The SMILES string of the molecule is N#Cc1cc(N)ccc1S(=O)(=O)N[C@@H]1CCCC[C@H]1O. The number of rotatable bonds is 3. The van der Waals surface area contributed by atoms with E-state index in [4.69, 9.17) is 11.0 Å². The molecule has 1 aromatic carbocycles. The summed E-state index contributed by atoms with van der Waals surface area (Å²) in [5.74, 6) is 0. The molecule has 108 valence electrons. The Balaban J connectivity index is 2.29. The van der Waals surface area contributed by atoms with Crippen LogP contribution < -0.4 is 10.5 Å². The van der Waals surface area contributed by atoms with Gasteiger partial charge in [-0.2, -0.15) is 5.26 Å². The summed E-state index contributed by atoms with van der Waals surface area (Å²) in [6, 6.07) is 5.40. The van der Waals surface area contributed by atoms with Gasteiger partial charge in [-0.15, -0.1) is 0 Å². The lowest BCUT2D eigenvalue weighted by atomic mass is 9.93. The van der Waals surface area contributed by atoms with E-state index in [1.807, 2.05) is 6.07 Å². The topological polar surface area (TPSA) is 116 Å². The van der Waals surface area contributed by atoms with Crippen molar-refractivity contribution in [2.75, 3.05) is 5.73 Å². The summed E-state index contributed by atoms with van der Waals surface area (Å²) < 4.78 is 27.1. The van der Waals surface area contributed by atoms with Gasteiger partial charge in [0.2, 0.25) is 10.0 Å². The highest BCUT2D eigenvalue weighted by atomic mass is 32.2. The number of aliphatic hydroxyl groups excluding tert-OH is 1. The molecule has 0 bridgehead atoms. The maximum atomic E-state index is 12.3. The number of sulfonamides is 1. The van der Waals surface area contributed by atoms with Crippen LogP contribution in [0.1, 0.15) is 31.2 Å². The molecule has 4 N–H and O–H groups in total. The van der Waals surface area contributed by atoms with Crippen LogP contribution in [-0.4, -0.2) is 25.7 Å². The van der Waals surface area contributed by atoms with E-state index in [0.717, 1.165) is 12.8 Å². The zero-order valence-corrected chi connectivity index (χ0v) is 11.7. The van der Waals surface area contributed by atoms with Crippen LogP contribution >= 0.6 is 0 Å². The molecule has 20 heavy (non-hydrogen) atoms. The highest BCUT2D eigenvalue weighted by molar-refractivity contribution is 7.89. The van der Waals surface area contributed by atoms with Crippen LogP contribution in [0.25, 0.3) is 0 Å². The number of nitrogens with two attached hydrogens (primary N) is 1. The molecule has 0 radical (unpaired) electrons. The van der Waals surface area contributed by atoms with E-state index >= 15 is 0 Å². The van der Waals surface area contributed by atoms with E-state index in [0.29, 0.717) is 18.5 Å². The molecule has 0 unspecified atom stereocenters. The molecule has 0 heterocycles. The molecule has 0 amide bonds. The Hall–Kier alpha value is -1.62. The monoisotopic (exact) mass is 295 g/mol. The minimum atomic E-state index is -3.84. The molecular formula is C13H17N3O3S. The van der Waals surface area contributed by atoms with E-state index in [-0.39, 0.29) is 10.5 Å². The first-order valence-electron chi connectivity index (χ1n) is 6.44. The molecule has 7 heteroatoms. The molecular weight excluding hydrogens is 278 g/mol. The van der Waals surface area contributed by atoms with Gasteiger partial charge in [-0.25, -0.2) is 13.1 Å². The third kappa shape index (κ3) is 3.10. The van der Waals surface area contributed by atoms with Gasteiger partial charge in [0.05, 0.1) is 16.6 Å². The molecule has 0 aromatic heterocycles. The second-order valence-corrected chi connectivity index (χ2v) is 6.63. The lowest BCUT2D eigenvalue weighted by molar-refractivity contribution is 0.101. The summed E-state index contributed by atoms with van der Waals surface area (Å²) >= 11 is 0. The maximum absolute atomic E-state index is 12.3. The summed E-state index contributed by atoms with van der Waals surface area (Å²) in [6.45, 7) is 0. The van der Waals surface area contributed by atoms with E-state index in [2.05, 4.69) is 4.72 Å². The fraction of sp³-hybridized carbons (Fsp3) is 0.462. The fourth-order valence-electron chi connectivity index (χ4n) is 2.38. The number of aliphatic hydroxyl groups is 1. The van der Waals surface area contributed by atoms with Gasteiger partial charge in [-0.1, -0.05) is 12.8 Å². The normalized spacial score (nSPS) is 23.2. The number of hydrogen-bond acceptors (Lipinski definition) is 5. The number of nitrogens with one attached hydrogen (secondary N) is 1. The maximum Gasteiger partial charge on any atom is 0.242 e. The smallest absolute Gasteiger partial charge is 0.242 e. The number of anilines is 1. The standard InChI is InChI=1S/C13H17N3O3S/c14-8-9-7-10(15)5-6-13(9)20(18,19)16-11-3-1-2-4-12(11)17/h5-7,11-12,16-17H,1-4,15H2/t11-,12-/m1/s1. The van der Waals surface area contributed by atoms with Crippen LogP contribution in [-0.2, 0) is 10.0 Å². The Morgan fingerprint density at radius 3 is 2.70 bits per heavy atom. The summed E-state index contributed by atoms with van der Waals surface area (Å²) in [6.07, 6.45) is 2.26. The fourth-order valence-corrected chi connectivity index (χ4v) is 3.82. The first kappa shape index (κ1) is 14.8. The lowest BCUT2D eigenvalue weighted by Gasteiger charge is -2.28. The quantitative estimate of drug-likeness (QED) is 0.710. The summed E-state index contributed by atoms with van der Waals surface area (Å²) in [4.78, 5) is -0.105. The van der Waals surface area contributed by atoms with Gasteiger partial charge < -0.3 is 10.8 Å². The molecule has 0 spiro atoms. The third-order valence-corrected chi connectivity index (χ3v) is 5.00. The van der Waals surface area contributed by atoms with Gasteiger partial charge in [0.25, 0.3) is 0 Å². The average Bonchev–Trinajstić information content (AvgIpc) is 2.40. The van der Waals surface area contributed by atoms with Crippen molar-refractivity contribution in [2.45, 2.75) is 42.7 Å². The Morgan fingerprint density at radius 2 is 2.05 bits per heavy atom. The van der Waals surface area contributed by atoms with Crippen LogP contribution in [0.3, 0.4) is 0 Å². The molecule has 1 aliphatic carbocycles. The van der Waals surface area contributed by atoms with Gasteiger partial charge in [-0.3, -0.25) is 0 Å². The number of hydrogen-bond donors (Lipinski definition) is 3. The van der Waals surface area contributed by atoms with Crippen molar-refractivity contribution in [1.82, 2.24) is 4.72 Å². The second kappa shape index (κ2) is 5.79. The van der Waals surface area contributed by atoms with E-state index in [9.17, 15) is 13.5 Å². The first-order valence-corrected chi connectivity index (χ1v) is 7.92. The number of nitriles is 1. The molecule has 1 saturated carbocycles. The van der Waals surface area contributed by atoms with Gasteiger partial charge in [0, 0.05) is 11.7 Å². The summed E-state index contributed by atoms with van der Waals surface area (Å²) in [5.41, 5.74) is 5.88. The minimum absolute atomic E-state index is 0.00259. The van der Waals surface area contributed by atoms with Crippen molar-refractivity contribution in [1.29, 1.82) is 5.26 Å². The van der Waals surface area contributed by atoms with Gasteiger partial charge >= 0.3 is 0 Å². The predicted octanol–water partition coefficient (Wildman–Crippen LogP) is 0.722. The van der Waals surface area contributed by atoms with Crippen molar-refractivity contribution in [3.05, 3.63) is 23.8 Å². The van der Waals surface area contributed by atoms with E-state index in [1.165, 1.54) is 18.2 Å². The van der Waals surface area contributed by atoms with E-state index in [1.54, 1.807) is 0 Å². The van der Waals surface area contributed by atoms with Crippen molar-refractivity contribution in [3.8, 4) is 6.07 Å². The Labute approximate surface area is 118 Å². The molecule has 1 fully saturated rings. The Bertz CT molecular complexity index is 637. The summed E-state index contributed by atoms with van der Waals surface area (Å²) in [7, 11) is -3.84. The predicted molar refractivity (Wildman–Crippen MR) is 74.2 cm³/mol. The van der Waals surface area contributed by atoms with Gasteiger partial charge in [0.15, 0.2) is 0 Å². The average molecular weight is 295 g/mol. The number of benzene rings is 1. The lowest BCUT2D eigenvalue weighted by Crippen LogP contribution is -2.45. The number of nitrogen functional groups attached to an aromatic ring is 1. The molecule has 2 rings (SSSR count). The zero-order chi connectivity index (χ0) is 14.8. The van der Waals surface area contributed by atoms with Crippen LogP contribution in [0.4, 0.5) is 5.69 Å². The summed E-state index contributed by atoms with van der Waals surface area (Å²) in [5, 5.41) is 18.9. The van der Waals surface area contributed by atoms with E-state index < -0.39 is 22.2 Å². The number of nitrogens with zero attached hydrogens (tertiary/aromatic N) is 1. The first-order chi connectivity index (χ1) is 9.44. The highest BCUT2D eigenvalue weighted by Crippen LogP contribution is 2.23. The van der Waals surface area contributed by atoms with Gasteiger partial charge in [0.1, 0.15) is 6.07 Å². The minimum Gasteiger partial charge on any atom is -0.399 e.